The van der Waals surface area contributed by atoms with Crippen molar-refractivity contribution < 1.29 is 4.79 Å². The molecule has 100 valence electrons. The largest absolute Gasteiger partial charge is 0.390 e. The number of rotatable bonds is 5. The molecule has 18 heavy (non-hydrogen) atoms. The third-order valence-corrected chi connectivity index (χ3v) is 3.11. The molecule has 4 nitrogen and oxygen atoms in total. The number of hydrogen-bond acceptors (Lipinski definition) is 3. The van der Waals surface area contributed by atoms with Crippen molar-refractivity contribution in [3.63, 3.8) is 0 Å². The van der Waals surface area contributed by atoms with Crippen LogP contribution in [0.2, 0.25) is 0 Å². The van der Waals surface area contributed by atoms with Gasteiger partial charge in [0.15, 0.2) is 0 Å². The first-order chi connectivity index (χ1) is 8.65. The van der Waals surface area contributed by atoms with Gasteiger partial charge in [-0.15, -0.1) is 0 Å². The van der Waals surface area contributed by atoms with Gasteiger partial charge < -0.3 is 10.2 Å². The van der Waals surface area contributed by atoms with E-state index in [0.717, 1.165) is 38.9 Å². The Morgan fingerprint density at radius 1 is 1.39 bits per heavy atom. The van der Waals surface area contributed by atoms with Crippen molar-refractivity contribution in [3.8, 4) is 6.07 Å². The molecule has 1 amide bonds. The molecule has 1 saturated heterocycles. The molecule has 1 aliphatic heterocycles. The van der Waals surface area contributed by atoms with E-state index in [-0.39, 0.29) is 11.5 Å². The first-order valence-electron chi connectivity index (χ1n) is 6.78. The zero-order chi connectivity index (χ0) is 13.4. The van der Waals surface area contributed by atoms with Crippen molar-refractivity contribution in [1.29, 1.82) is 5.26 Å². The van der Waals surface area contributed by atoms with Gasteiger partial charge in [-0.3, -0.25) is 4.79 Å². The highest BCUT2D eigenvalue weighted by molar-refractivity contribution is 5.97. The van der Waals surface area contributed by atoms with Crippen molar-refractivity contribution >= 4 is 5.91 Å². The first kappa shape index (κ1) is 14.6. The van der Waals surface area contributed by atoms with Crippen LogP contribution in [-0.4, -0.2) is 30.4 Å². The molecular formula is C14H23N3O. The molecule has 1 rings (SSSR count). The van der Waals surface area contributed by atoms with Gasteiger partial charge >= 0.3 is 0 Å². The van der Waals surface area contributed by atoms with Gasteiger partial charge in [0.1, 0.15) is 11.6 Å². The maximum absolute atomic E-state index is 12.1. The summed E-state index contributed by atoms with van der Waals surface area (Å²) in [5, 5.41) is 12.1. The average Bonchev–Trinajstić information content (AvgIpc) is 2.39. The summed E-state index contributed by atoms with van der Waals surface area (Å²) in [6, 6.07) is 1.99. The zero-order valence-corrected chi connectivity index (χ0v) is 11.4. The lowest BCUT2D eigenvalue weighted by Crippen LogP contribution is -2.36. The monoisotopic (exact) mass is 249 g/mol. The van der Waals surface area contributed by atoms with Crippen LogP contribution >= 0.6 is 0 Å². The van der Waals surface area contributed by atoms with E-state index >= 15 is 0 Å². The molecule has 0 atom stereocenters. The first-order valence-corrected chi connectivity index (χ1v) is 6.78. The Morgan fingerprint density at radius 3 is 2.61 bits per heavy atom. The molecule has 0 spiro atoms. The van der Waals surface area contributed by atoms with Crippen LogP contribution in [0, 0.1) is 17.2 Å². The summed E-state index contributed by atoms with van der Waals surface area (Å²) in [4.78, 5) is 13.8. The van der Waals surface area contributed by atoms with Crippen LogP contribution in [0.1, 0.15) is 39.5 Å². The van der Waals surface area contributed by atoms with Crippen molar-refractivity contribution in [2.24, 2.45) is 5.92 Å². The summed E-state index contributed by atoms with van der Waals surface area (Å²) in [6.45, 7) is 6.66. The third kappa shape index (κ3) is 4.79. The van der Waals surface area contributed by atoms with E-state index in [4.69, 9.17) is 5.26 Å². The molecule has 1 aliphatic rings. The molecule has 0 aliphatic carbocycles. The second-order valence-corrected chi connectivity index (χ2v) is 5.16. The lowest BCUT2D eigenvalue weighted by atomic mass is 10.1. The number of amides is 1. The standard InChI is InChI=1S/C14H23N3O/c1-12(2)6-7-16-11-13(10-15)14(18)17-8-4-3-5-9-17/h11-12,16H,3-9H2,1-2H3/b13-11-. The normalized spacial score (nSPS) is 16.6. The van der Waals surface area contributed by atoms with E-state index < -0.39 is 0 Å². The van der Waals surface area contributed by atoms with Gasteiger partial charge in [-0.25, -0.2) is 0 Å². The van der Waals surface area contributed by atoms with Crippen molar-refractivity contribution in [2.45, 2.75) is 39.5 Å². The van der Waals surface area contributed by atoms with Crippen LogP contribution in [-0.2, 0) is 4.79 Å². The minimum Gasteiger partial charge on any atom is -0.390 e. The fourth-order valence-electron chi connectivity index (χ4n) is 1.96. The predicted molar refractivity (Wildman–Crippen MR) is 71.6 cm³/mol. The number of nitrogens with zero attached hydrogens (tertiary/aromatic N) is 2. The van der Waals surface area contributed by atoms with Crippen molar-refractivity contribution in [3.05, 3.63) is 11.8 Å². The minimum absolute atomic E-state index is 0.130. The summed E-state index contributed by atoms with van der Waals surface area (Å²) < 4.78 is 0. The van der Waals surface area contributed by atoms with Crippen LogP contribution in [0.3, 0.4) is 0 Å². The second kappa shape index (κ2) is 7.75. The van der Waals surface area contributed by atoms with Gasteiger partial charge in [-0.2, -0.15) is 5.26 Å². The molecule has 0 saturated carbocycles. The van der Waals surface area contributed by atoms with E-state index in [0.29, 0.717) is 5.92 Å². The zero-order valence-electron chi connectivity index (χ0n) is 11.4. The molecule has 0 aromatic rings. The Hall–Kier alpha value is -1.50. The van der Waals surface area contributed by atoms with Crippen molar-refractivity contribution in [1.82, 2.24) is 10.2 Å². The number of carbonyl (C=O) groups is 1. The van der Waals surface area contributed by atoms with Crippen molar-refractivity contribution in [2.75, 3.05) is 19.6 Å². The highest BCUT2D eigenvalue weighted by Crippen LogP contribution is 2.11. The molecular weight excluding hydrogens is 226 g/mol. The quantitative estimate of drug-likeness (QED) is 0.461. The van der Waals surface area contributed by atoms with E-state index in [1.165, 1.54) is 6.42 Å². The number of nitrogens with one attached hydrogen (secondary N) is 1. The number of piperidine rings is 1. The number of carbonyl (C=O) groups excluding carboxylic acids is 1. The Morgan fingerprint density at radius 2 is 2.06 bits per heavy atom. The van der Waals surface area contributed by atoms with Crippen LogP contribution in [0.5, 0.6) is 0 Å². The highest BCUT2D eigenvalue weighted by atomic mass is 16.2. The maximum Gasteiger partial charge on any atom is 0.265 e. The van der Waals surface area contributed by atoms with Gasteiger partial charge in [0.05, 0.1) is 0 Å². The van der Waals surface area contributed by atoms with Crippen LogP contribution in [0.25, 0.3) is 0 Å². The fraction of sp³-hybridized carbons (Fsp3) is 0.714. The van der Waals surface area contributed by atoms with Crippen LogP contribution < -0.4 is 5.32 Å². The Bertz CT molecular complexity index is 335. The second-order valence-electron chi connectivity index (χ2n) is 5.16. The summed E-state index contributed by atoms with van der Waals surface area (Å²) in [5.74, 6) is 0.489. The molecule has 0 aromatic heterocycles. The Kier molecular flexibility index (Phi) is 6.27. The third-order valence-electron chi connectivity index (χ3n) is 3.11. The number of hydrogen-bond donors (Lipinski definition) is 1. The lowest BCUT2D eigenvalue weighted by Gasteiger charge is -2.26. The van der Waals surface area contributed by atoms with Gasteiger partial charge in [-0.05, 0) is 31.6 Å². The van der Waals surface area contributed by atoms with Crippen LogP contribution in [0.15, 0.2) is 11.8 Å². The smallest absolute Gasteiger partial charge is 0.265 e. The Balaban J connectivity index is 2.46. The van der Waals surface area contributed by atoms with Crippen LogP contribution in [0.4, 0.5) is 0 Å². The van der Waals surface area contributed by atoms with Gasteiger partial charge in [0.25, 0.3) is 5.91 Å². The molecule has 0 bridgehead atoms. The SMILES string of the molecule is CC(C)CCN/C=C(/C#N)C(=O)N1CCCCC1. The number of nitriles is 1. The predicted octanol–water partition coefficient (Wildman–Crippen LogP) is 2.04. The summed E-state index contributed by atoms with van der Waals surface area (Å²) in [7, 11) is 0. The van der Waals surface area contributed by atoms with E-state index in [1.54, 1.807) is 11.1 Å². The summed E-state index contributed by atoms with van der Waals surface area (Å²) in [5.41, 5.74) is 0.223. The van der Waals surface area contributed by atoms with E-state index in [9.17, 15) is 4.79 Å². The summed E-state index contributed by atoms with van der Waals surface area (Å²) in [6.07, 6.45) is 5.88. The Labute approximate surface area is 110 Å². The van der Waals surface area contributed by atoms with Gasteiger partial charge in [0.2, 0.25) is 0 Å². The molecule has 1 fully saturated rings. The summed E-state index contributed by atoms with van der Waals surface area (Å²) >= 11 is 0. The minimum atomic E-state index is -0.130. The highest BCUT2D eigenvalue weighted by Gasteiger charge is 2.19. The lowest BCUT2D eigenvalue weighted by molar-refractivity contribution is -0.127. The molecule has 0 unspecified atom stereocenters. The molecule has 0 radical (unpaired) electrons. The molecule has 4 heteroatoms. The fourth-order valence-corrected chi connectivity index (χ4v) is 1.96. The van der Waals surface area contributed by atoms with Gasteiger partial charge in [-0.1, -0.05) is 13.8 Å². The molecule has 1 N–H and O–H groups in total. The average molecular weight is 249 g/mol. The van der Waals surface area contributed by atoms with Gasteiger partial charge in [0, 0.05) is 25.8 Å². The number of likely N-dealkylation sites (tertiary alicyclic amines) is 1. The topological polar surface area (TPSA) is 56.1 Å². The maximum atomic E-state index is 12.1. The molecule has 1 heterocycles. The molecule has 0 aromatic carbocycles. The van der Waals surface area contributed by atoms with E-state index in [1.807, 2.05) is 6.07 Å². The van der Waals surface area contributed by atoms with E-state index in [2.05, 4.69) is 19.2 Å².